The Hall–Kier alpha value is -1.59. The van der Waals surface area contributed by atoms with E-state index in [1.165, 1.54) is 83.5 Å². The summed E-state index contributed by atoms with van der Waals surface area (Å²) in [5, 5.41) is 53.7. The summed E-state index contributed by atoms with van der Waals surface area (Å²) in [5.41, 5.74) is 0. The molecular weight excluding hydrogens is 634 g/mol. The minimum absolute atomic E-state index is 0.203. The molecule has 9 nitrogen and oxygen atoms in total. The van der Waals surface area contributed by atoms with Crippen LogP contribution in [-0.2, 0) is 14.3 Å². The topological polar surface area (TPSA) is 149 Å². The van der Waals surface area contributed by atoms with Crippen molar-refractivity contribution in [1.82, 2.24) is 5.32 Å². The first kappa shape index (κ1) is 46.4. The van der Waals surface area contributed by atoms with Crippen molar-refractivity contribution in [3.8, 4) is 0 Å². The van der Waals surface area contributed by atoms with Crippen LogP contribution in [-0.4, -0.2) is 87.5 Å². The minimum atomic E-state index is -1.57. The standard InChI is InChI=1S/C41H75NO8/c1-3-5-7-9-11-12-13-14-15-16-17-18-19-20-21-22-23-24-25-26-28-30-35(44)34(42-37(45)31-29-27-10-8-6-4-2)33-49-41-40(48)39(47)38(46)36(32-43)50-41/h19-20,23-24,28,30,34-36,38-41,43-44,46-48H,3-18,21-22,25-27,29,31-33H2,1-2H3,(H,42,45)/b20-19+,24-23+,30-28+. The lowest BCUT2D eigenvalue weighted by atomic mass is 9.99. The number of unbranched alkanes of at least 4 members (excludes halogenated alkanes) is 18. The molecule has 0 bridgehead atoms. The largest absolute Gasteiger partial charge is 0.394 e. The Balaban J connectivity index is 2.36. The van der Waals surface area contributed by atoms with Gasteiger partial charge in [0.2, 0.25) is 5.91 Å². The lowest BCUT2D eigenvalue weighted by Gasteiger charge is -2.40. The Labute approximate surface area is 304 Å². The second-order valence-corrected chi connectivity index (χ2v) is 14.1. The van der Waals surface area contributed by atoms with Crippen molar-refractivity contribution in [2.75, 3.05) is 13.2 Å². The van der Waals surface area contributed by atoms with Crippen LogP contribution >= 0.6 is 0 Å². The summed E-state index contributed by atoms with van der Waals surface area (Å²) in [6, 6.07) is -0.821. The molecule has 50 heavy (non-hydrogen) atoms. The van der Waals surface area contributed by atoms with Gasteiger partial charge in [0.25, 0.3) is 0 Å². The van der Waals surface area contributed by atoms with E-state index in [0.717, 1.165) is 57.8 Å². The fourth-order valence-corrected chi connectivity index (χ4v) is 6.13. The van der Waals surface area contributed by atoms with Crippen LogP contribution in [0.4, 0.5) is 0 Å². The summed E-state index contributed by atoms with van der Waals surface area (Å²) in [4.78, 5) is 12.7. The normalized spacial score (nSPS) is 22.6. The molecule has 9 heteroatoms. The van der Waals surface area contributed by atoms with Gasteiger partial charge in [-0.1, -0.05) is 147 Å². The first-order valence-electron chi connectivity index (χ1n) is 20.2. The van der Waals surface area contributed by atoms with E-state index in [2.05, 4.69) is 43.5 Å². The molecule has 1 heterocycles. The lowest BCUT2D eigenvalue weighted by Crippen LogP contribution is -2.60. The molecule has 1 amide bonds. The smallest absolute Gasteiger partial charge is 0.220 e. The van der Waals surface area contributed by atoms with Gasteiger partial charge < -0.3 is 40.3 Å². The SMILES string of the molecule is CCCCCCCCCCCCC/C=C/CC/C=C/CC/C=C/C(O)C(COC1OC(CO)C(O)C(O)C1O)NC(=O)CCCCCCCC. The molecule has 0 spiro atoms. The predicted octanol–water partition coefficient (Wildman–Crippen LogP) is 7.33. The molecule has 0 aromatic rings. The summed E-state index contributed by atoms with van der Waals surface area (Å²) in [5.74, 6) is -0.203. The third-order valence-electron chi connectivity index (χ3n) is 9.45. The average Bonchev–Trinajstić information content (AvgIpc) is 3.11. The third kappa shape index (κ3) is 23.1. The van der Waals surface area contributed by atoms with Crippen molar-refractivity contribution >= 4 is 5.91 Å². The summed E-state index contributed by atoms with van der Waals surface area (Å²) in [6.45, 7) is 3.66. The number of hydrogen-bond donors (Lipinski definition) is 6. The molecule has 1 fully saturated rings. The number of carbonyl (C=O) groups excluding carboxylic acids is 1. The van der Waals surface area contributed by atoms with Crippen molar-refractivity contribution in [3.63, 3.8) is 0 Å². The zero-order valence-electron chi connectivity index (χ0n) is 31.6. The number of hydrogen-bond acceptors (Lipinski definition) is 8. The van der Waals surface area contributed by atoms with Crippen molar-refractivity contribution in [1.29, 1.82) is 0 Å². The fraction of sp³-hybridized carbons (Fsp3) is 0.829. The maximum atomic E-state index is 12.7. The van der Waals surface area contributed by atoms with Gasteiger partial charge in [0, 0.05) is 6.42 Å². The maximum absolute atomic E-state index is 12.7. The predicted molar refractivity (Wildman–Crippen MR) is 203 cm³/mol. The van der Waals surface area contributed by atoms with E-state index in [0.29, 0.717) is 6.42 Å². The highest BCUT2D eigenvalue weighted by molar-refractivity contribution is 5.76. The maximum Gasteiger partial charge on any atom is 0.220 e. The summed E-state index contributed by atoms with van der Waals surface area (Å²) in [6.07, 6.45) is 30.8. The van der Waals surface area contributed by atoms with E-state index in [4.69, 9.17) is 9.47 Å². The number of ether oxygens (including phenoxy) is 2. The van der Waals surface area contributed by atoms with E-state index >= 15 is 0 Å². The number of aliphatic hydroxyl groups excluding tert-OH is 5. The van der Waals surface area contributed by atoms with Gasteiger partial charge in [0.05, 0.1) is 25.4 Å². The molecule has 0 radical (unpaired) electrons. The van der Waals surface area contributed by atoms with Crippen molar-refractivity contribution < 1.29 is 39.8 Å². The molecule has 0 aliphatic carbocycles. The zero-order valence-corrected chi connectivity index (χ0v) is 31.6. The van der Waals surface area contributed by atoms with E-state index in [9.17, 15) is 30.3 Å². The number of amides is 1. The Morgan fingerprint density at radius 3 is 1.68 bits per heavy atom. The quantitative estimate of drug-likeness (QED) is 0.0314. The summed E-state index contributed by atoms with van der Waals surface area (Å²) < 4.78 is 11.1. The zero-order chi connectivity index (χ0) is 36.7. The van der Waals surface area contributed by atoms with E-state index in [1.807, 2.05) is 6.08 Å². The van der Waals surface area contributed by atoms with Crippen molar-refractivity contribution in [2.24, 2.45) is 0 Å². The Kier molecular flexibility index (Phi) is 29.8. The number of aliphatic hydroxyl groups is 5. The lowest BCUT2D eigenvalue weighted by molar-refractivity contribution is -0.302. The van der Waals surface area contributed by atoms with E-state index < -0.39 is 49.5 Å². The highest BCUT2D eigenvalue weighted by Crippen LogP contribution is 2.22. The molecular formula is C41H75NO8. The molecule has 7 atom stereocenters. The van der Waals surface area contributed by atoms with Crippen LogP contribution in [0.25, 0.3) is 0 Å². The second-order valence-electron chi connectivity index (χ2n) is 14.1. The van der Waals surface area contributed by atoms with Crippen LogP contribution in [0.2, 0.25) is 0 Å². The number of rotatable bonds is 32. The average molecular weight is 710 g/mol. The molecule has 1 rings (SSSR count). The van der Waals surface area contributed by atoms with Gasteiger partial charge in [0.15, 0.2) is 6.29 Å². The first-order chi connectivity index (χ1) is 24.3. The molecule has 0 aromatic heterocycles. The molecule has 0 saturated carbocycles. The second kappa shape index (κ2) is 32.1. The van der Waals surface area contributed by atoms with Crippen LogP contribution in [0, 0.1) is 0 Å². The van der Waals surface area contributed by atoms with Gasteiger partial charge in [-0.05, 0) is 44.9 Å². The number of allylic oxidation sites excluding steroid dienone is 5. The van der Waals surface area contributed by atoms with Gasteiger partial charge in [-0.15, -0.1) is 0 Å². The van der Waals surface area contributed by atoms with Crippen LogP contribution in [0.1, 0.15) is 162 Å². The monoisotopic (exact) mass is 710 g/mol. The Bertz CT molecular complexity index is 879. The van der Waals surface area contributed by atoms with Gasteiger partial charge in [-0.25, -0.2) is 0 Å². The van der Waals surface area contributed by atoms with Crippen LogP contribution in [0.5, 0.6) is 0 Å². The van der Waals surface area contributed by atoms with E-state index in [1.54, 1.807) is 6.08 Å². The molecule has 292 valence electrons. The first-order valence-corrected chi connectivity index (χ1v) is 20.2. The summed E-state index contributed by atoms with van der Waals surface area (Å²) >= 11 is 0. The van der Waals surface area contributed by atoms with Crippen molar-refractivity contribution in [3.05, 3.63) is 36.5 Å². The van der Waals surface area contributed by atoms with Gasteiger partial charge in [-0.3, -0.25) is 4.79 Å². The Morgan fingerprint density at radius 1 is 0.660 bits per heavy atom. The fourth-order valence-electron chi connectivity index (χ4n) is 6.13. The molecule has 1 aliphatic rings. The Morgan fingerprint density at radius 2 is 1.14 bits per heavy atom. The third-order valence-corrected chi connectivity index (χ3v) is 9.45. The van der Waals surface area contributed by atoms with Crippen LogP contribution in [0.3, 0.4) is 0 Å². The molecule has 0 aromatic carbocycles. The van der Waals surface area contributed by atoms with Gasteiger partial charge in [0.1, 0.15) is 24.4 Å². The number of nitrogens with one attached hydrogen (secondary N) is 1. The van der Waals surface area contributed by atoms with Crippen LogP contribution in [0.15, 0.2) is 36.5 Å². The minimum Gasteiger partial charge on any atom is -0.394 e. The molecule has 6 N–H and O–H groups in total. The highest BCUT2D eigenvalue weighted by atomic mass is 16.7. The highest BCUT2D eigenvalue weighted by Gasteiger charge is 2.44. The summed E-state index contributed by atoms with van der Waals surface area (Å²) in [7, 11) is 0. The molecule has 1 saturated heterocycles. The molecule has 1 aliphatic heterocycles. The van der Waals surface area contributed by atoms with Crippen molar-refractivity contribution in [2.45, 2.75) is 204 Å². The van der Waals surface area contributed by atoms with E-state index in [-0.39, 0.29) is 12.5 Å². The number of carbonyl (C=O) groups is 1. The molecule has 7 unspecified atom stereocenters. The van der Waals surface area contributed by atoms with Crippen LogP contribution < -0.4 is 5.32 Å². The van der Waals surface area contributed by atoms with Gasteiger partial charge in [-0.2, -0.15) is 0 Å². The van der Waals surface area contributed by atoms with Gasteiger partial charge >= 0.3 is 0 Å².